The van der Waals surface area contributed by atoms with Crippen LogP contribution in [0.1, 0.15) is 16.1 Å². The summed E-state index contributed by atoms with van der Waals surface area (Å²) in [6.07, 6.45) is 0. The van der Waals surface area contributed by atoms with Gasteiger partial charge in [0.2, 0.25) is 15.2 Å². The van der Waals surface area contributed by atoms with Crippen molar-refractivity contribution in [2.45, 2.75) is 24.9 Å². The van der Waals surface area contributed by atoms with E-state index in [0.29, 0.717) is 15.9 Å². The minimum absolute atomic E-state index is 0.0726. The molecule has 0 aliphatic carbocycles. The molecule has 142 valence electrons. The molecule has 2 aromatic carbocycles. The first-order chi connectivity index (χ1) is 12.9. The minimum atomic E-state index is -3.85. The van der Waals surface area contributed by atoms with Gasteiger partial charge in [0.25, 0.3) is 0 Å². The van der Waals surface area contributed by atoms with Crippen LogP contribution in [-0.4, -0.2) is 30.0 Å². The number of sulfonamides is 1. The molecule has 27 heavy (non-hydrogen) atoms. The lowest BCUT2D eigenvalue weighted by molar-refractivity contribution is 0.382. The number of hydrogen-bond donors (Lipinski definition) is 1. The number of ether oxygens (including phenoxy) is 1. The van der Waals surface area contributed by atoms with Crippen LogP contribution in [0, 0.1) is 6.92 Å². The van der Waals surface area contributed by atoms with Gasteiger partial charge in [0.1, 0.15) is 15.7 Å². The van der Waals surface area contributed by atoms with Crippen LogP contribution < -0.4 is 10.5 Å². The lowest BCUT2D eigenvalue weighted by Gasteiger charge is -2.22. The van der Waals surface area contributed by atoms with Crippen molar-refractivity contribution >= 4 is 26.5 Å². The standard InChI is InChI=1S/C18H20N4O3S2/c1-13-8-9-15(25-2)16(10-13)27(23,24)22(11-14-6-4-3-5-7-14)12-17-20-21-18(19)26-17/h3-10H,11-12H2,1-2H3,(H2,19,21). The van der Waals surface area contributed by atoms with E-state index >= 15 is 0 Å². The van der Waals surface area contributed by atoms with Crippen LogP contribution in [0.4, 0.5) is 5.13 Å². The molecule has 0 bridgehead atoms. The second kappa shape index (κ2) is 8.03. The van der Waals surface area contributed by atoms with E-state index in [2.05, 4.69) is 10.2 Å². The highest BCUT2D eigenvalue weighted by Gasteiger charge is 2.29. The van der Waals surface area contributed by atoms with Crippen molar-refractivity contribution in [2.24, 2.45) is 0 Å². The van der Waals surface area contributed by atoms with Gasteiger partial charge in [-0.15, -0.1) is 10.2 Å². The van der Waals surface area contributed by atoms with Gasteiger partial charge in [-0.2, -0.15) is 4.31 Å². The largest absolute Gasteiger partial charge is 0.495 e. The molecule has 0 radical (unpaired) electrons. The summed E-state index contributed by atoms with van der Waals surface area (Å²) in [5.74, 6) is 0.301. The number of hydrogen-bond acceptors (Lipinski definition) is 7. The fourth-order valence-electron chi connectivity index (χ4n) is 2.62. The molecular weight excluding hydrogens is 384 g/mol. The van der Waals surface area contributed by atoms with Gasteiger partial charge in [-0.25, -0.2) is 8.42 Å². The van der Waals surface area contributed by atoms with E-state index < -0.39 is 10.0 Å². The minimum Gasteiger partial charge on any atom is -0.495 e. The highest BCUT2D eigenvalue weighted by atomic mass is 32.2. The van der Waals surface area contributed by atoms with Gasteiger partial charge >= 0.3 is 0 Å². The van der Waals surface area contributed by atoms with Crippen LogP contribution in [0.15, 0.2) is 53.4 Å². The Morgan fingerprint density at radius 3 is 2.48 bits per heavy atom. The molecule has 0 unspecified atom stereocenters. The molecule has 0 atom stereocenters. The van der Waals surface area contributed by atoms with Crippen LogP contribution in [0.25, 0.3) is 0 Å². The van der Waals surface area contributed by atoms with Crippen LogP contribution in [-0.2, 0) is 23.1 Å². The van der Waals surface area contributed by atoms with E-state index in [-0.39, 0.29) is 18.0 Å². The summed E-state index contributed by atoms with van der Waals surface area (Å²) in [5, 5.41) is 8.58. The normalized spacial score (nSPS) is 11.7. The van der Waals surface area contributed by atoms with E-state index in [1.807, 2.05) is 43.3 Å². The Hall–Kier alpha value is -2.49. The predicted octanol–water partition coefficient (Wildman–Crippen LogP) is 2.83. The molecule has 3 aromatic rings. The molecule has 3 rings (SSSR count). The van der Waals surface area contributed by atoms with Gasteiger partial charge in [-0.3, -0.25) is 0 Å². The second-order valence-electron chi connectivity index (χ2n) is 5.95. The number of nitrogens with zero attached hydrogens (tertiary/aromatic N) is 3. The average Bonchev–Trinajstić information content (AvgIpc) is 3.07. The molecule has 0 saturated carbocycles. The lowest BCUT2D eigenvalue weighted by Crippen LogP contribution is -2.30. The molecule has 9 heteroatoms. The zero-order chi connectivity index (χ0) is 19.4. The number of rotatable bonds is 7. The molecule has 0 fully saturated rings. The SMILES string of the molecule is COc1ccc(C)cc1S(=O)(=O)N(Cc1ccccc1)Cc1nnc(N)s1. The van der Waals surface area contributed by atoms with Gasteiger partial charge in [0.05, 0.1) is 13.7 Å². The molecule has 0 amide bonds. The third-order valence-corrected chi connectivity index (χ3v) is 6.48. The monoisotopic (exact) mass is 404 g/mol. The summed E-state index contributed by atoms with van der Waals surface area (Å²) in [5.41, 5.74) is 7.34. The highest BCUT2D eigenvalue weighted by molar-refractivity contribution is 7.89. The molecule has 0 aliphatic rings. The first-order valence-electron chi connectivity index (χ1n) is 8.16. The maximum Gasteiger partial charge on any atom is 0.247 e. The third kappa shape index (κ3) is 4.44. The first-order valence-corrected chi connectivity index (χ1v) is 10.4. The van der Waals surface area contributed by atoms with Gasteiger partial charge in [0, 0.05) is 6.54 Å². The fraction of sp³-hybridized carbons (Fsp3) is 0.222. The first kappa shape index (κ1) is 19.3. The summed E-state index contributed by atoms with van der Waals surface area (Å²) in [6.45, 7) is 2.11. The second-order valence-corrected chi connectivity index (χ2v) is 8.95. The van der Waals surface area contributed by atoms with E-state index in [4.69, 9.17) is 10.5 Å². The Bertz CT molecular complexity index is 1020. The van der Waals surface area contributed by atoms with Gasteiger partial charge < -0.3 is 10.5 Å². The molecule has 0 spiro atoms. The van der Waals surface area contributed by atoms with Crippen LogP contribution in [0.2, 0.25) is 0 Å². The molecule has 0 aliphatic heterocycles. The highest BCUT2D eigenvalue weighted by Crippen LogP contribution is 2.30. The lowest BCUT2D eigenvalue weighted by atomic mass is 10.2. The van der Waals surface area contributed by atoms with E-state index in [1.165, 1.54) is 22.8 Å². The number of methoxy groups -OCH3 is 1. The topological polar surface area (TPSA) is 98.4 Å². The Balaban J connectivity index is 2.03. The summed E-state index contributed by atoms with van der Waals surface area (Å²) in [6, 6.07) is 14.5. The molecule has 1 heterocycles. The van der Waals surface area contributed by atoms with Crippen molar-refractivity contribution in [2.75, 3.05) is 12.8 Å². The third-order valence-electron chi connectivity index (χ3n) is 3.93. The molecule has 0 saturated heterocycles. The van der Waals surface area contributed by atoms with Crippen LogP contribution >= 0.6 is 11.3 Å². The van der Waals surface area contributed by atoms with E-state index in [9.17, 15) is 8.42 Å². The van der Waals surface area contributed by atoms with Crippen LogP contribution in [0.5, 0.6) is 5.75 Å². The maximum atomic E-state index is 13.5. The van der Waals surface area contributed by atoms with Crippen molar-refractivity contribution < 1.29 is 13.2 Å². The van der Waals surface area contributed by atoms with Crippen molar-refractivity contribution in [3.8, 4) is 5.75 Å². The van der Waals surface area contributed by atoms with Crippen LogP contribution in [0.3, 0.4) is 0 Å². The Morgan fingerprint density at radius 1 is 1.11 bits per heavy atom. The Labute approximate surface area is 162 Å². The number of aromatic nitrogens is 2. The van der Waals surface area contributed by atoms with Gasteiger partial charge in [-0.05, 0) is 30.2 Å². The number of nitrogens with two attached hydrogens (primary N) is 1. The zero-order valence-corrected chi connectivity index (χ0v) is 16.6. The molecule has 7 nitrogen and oxygen atoms in total. The van der Waals surface area contributed by atoms with Gasteiger partial charge in [0.15, 0.2) is 0 Å². The van der Waals surface area contributed by atoms with E-state index in [0.717, 1.165) is 11.1 Å². The van der Waals surface area contributed by atoms with Gasteiger partial charge in [-0.1, -0.05) is 47.7 Å². The van der Waals surface area contributed by atoms with Crippen molar-refractivity contribution in [1.29, 1.82) is 0 Å². The summed E-state index contributed by atoms with van der Waals surface area (Å²) < 4.78 is 33.6. The van der Waals surface area contributed by atoms with Crippen molar-refractivity contribution in [3.05, 3.63) is 64.7 Å². The Morgan fingerprint density at radius 2 is 1.85 bits per heavy atom. The molecule has 2 N–H and O–H groups in total. The number of anilines is 1. The molecule has 1 aromatic heterocycles. The smallest absolute Gasteiger partial charge is 0.247 e. The summed E-state index contributed by atoms with van der Waals surface area (Å²) in [4.78, 5) is 0.124. The van der Waals surface area contributed by atoms with E-state index in [1.54, 1.807) is 12.1 Å². The number of aryl methyl sites for hydroxylation is 1. The van der Waals surface area contributed by atoms with Crippen molar-refractivity contribution in [1.82, 2.24) is 14.5 Å². The van der Waals surface area contributed by atoms with Crippen molar-refractivity contribution in [3.63, 3.8) is 0 Å². The number of nitrogen functional groups attached to an aromatic ring is 1. The quantitative estimate of drug-likeness (QED) is 0.650. The Kier molecular flexibility index (Phi) is 5.73. The maximum absolute atomic E-state index is 13.5. The molecular formula is C18H20N4O3S2. The summed E-state index contributed by atoms with van der Waals surface area (Å²) >= 11 is 1.17. The zero-order valence-electron chi connectivity index (χ0n) is 15.0. The number of benzene rings is 2. The summed E-state index contributed by atoms with van der Waals surface area (Å²) in [7, 11) is -2.39. The fourth-order valence-corrected chi connectivity index (χ4v) is 4.96. The predicted molar refractivity (Wildman–Crippen MR) is 105 cm³/mol. The average molecular weight is 405 g/mol.